The maximum Gasteiger partial charge on any atom is 0.0515 e. The van der Waals surface area contributed by atoms with Crippen LogP contribution in [0, 0.1) is 0 Å². The van der Waals surface area contributed by atoms with Crippen molar-refractivity contribution in [3.8, 4) is 0 Å². The topological polar surface area (TPSA) is 19.7 Å². The average molecular weight is 885 g/mol. The molecule has 0 aliphatic carbocycles. The van der Waals surface area contributed by atoms with Crippen molar-refractivity contribution in [1.82, 2.24) is 18.3 Å². The van der Waals surface area contributed by atoms with Crippen molar-refractivity contribution in [3.05, 3.63) is 144 Å². The highest BCUT2D eigenvalue weighted by atomic mass is 14.9. The van der Waals surface area contributed by atoms with Crippen LogP contribution in [0.2, 0.25) is 0 Å². The fraction of sp³-hybridized carbons (Fsp3) is 0.475. The fourth-order valence-electron chi connectivity index (χ4n) is 7.39. The molecule has 0 fully saturated rings. The molecular formula is C61H96N4. The molecule has 0 radical (unpaired) electrons. The van der Waals surface area contributed by atoms with E-state index in [0.29, 0.717) is 0 Å². The first-order valence-electron chi connectivity index (χ1n) is 24.2. The highest BCUT2D eigenvalue weighted by molar-refractivity contribution is 5.85. The molecule has 360 valence electrons. The lowest BCUT2D eigenvalue weighted by Crippen LogP contribution is -2.12. The van der Waals surface area contributed by atoms with Crippen molar-refractivity contribution in [2.45, 2.75) is 168 Å². The molecule has 65 heavy (non-hydrogen) atoms. The van der Waals surface area contributed by atoms with E-state index in [4.69, 9.17) is 0 Å². The number of aromatic nitrogens is 4. The lowest BCUT2D eigenvalue weighted by atomic mass is 9.85. The highest BCUT2D eigenvalue weighted by Gasteiger charge is 2.19. The van der Waals surface area contributed by atoms with Gasteiger partial charge in [-0.2, -0.15) is 0 Å². The summed E-state index contributed by atoms with van der Waals surface area (Å²) in [5, 5.41) is 5.36. The van der Waals surface area contributed by atoms with Gasteiger partial charge in [0.2, 0.25) is 0 Å². The molecule has 0 spiro atoms. The lowest BCUT2D eigenvalue weighted by molar-refractivity contribution is 0.590. The standard InChI is InChI=1S/4C13H17N.4C2H6.CH4/c1-13(2,3)11-5-6-12-10(9-11)7-8-14(12)4;1-13(2,3)11-6-5-10-7-8-14(4)12(10)9-11;1-13(2,3)11-6-5-7-12-10(11)8-9-14(12)4;1-13(2,3)11-7-5-6-10-8-9-14(4)12(10)11;4*1-2;/h4*5-9H,1-4H3;4*1-2H3;1H4. The van der Waals surface area contributed by atoms with E-state index in [-0.39, 0.29) is 29.1 Å². The van der Waals surface area contributed by atoms with Gasteiger partial charge >= 0.3 is 0 Å². The number of aryl methyl sites for hydroxylation is 4. The van der Waals surface area contributed by atoms with Gasteiger partial charge in [-0.15, -0.1) is 0 Å². The Bertz CT molecular complexity index is 2550. The molecule has 0 atom stereocenters. The summed E-state index contributed by atoms with van der Waals surface area (Å²) in [7, 11) is 8.38. The Morgan fingerprint density at radius 1 is 0.323 bits per heavy atom. The molecule has 0 N–H and O–H groups in total. The molecule has 4 aromatic heterocycles. The van der Waals surface area contributed by atoms with E-state index in [0.717, 1.165) is 0 Å². The SMILES string of the molecule is C.CC.CC.CC.CC.Cn1ccc2c(C(C)(C)C)cccc21.Cn1ccc2cc(C(C)(C)C)ccc21.Cn1ccc2ccc(C(C)(C)C)cc21.Cn1ccc2cccc(C(C)(C)C)c21. The van der Waals surface area contributed by atoms with E-state index < -0.39 is 0 Å². The van der Waals surface area contributed by atoms with E-state index >= 15 is 0 Å². The Morgan fingerprint density at radius 2 is 0.738 bits per heavy atom. The third-order valence-electron chi connectivity index (χ3n) is 10.9. The summed E-state index contributed by atoms with van der Waals surface area (Å²) in [6.45, 7) is 43.0. The number of hydrogen-bond donors (Lipinski definition) is 0. The molecule has 4 heterocycles. The van der Waals surface area contributed by atoms with Crippen molar-refractivity contribution >= 4 is 43.6 Å². The number of benzene rings is 4. The first-order valence-corrected chi connectivity index (χ1v) is 24.2. The van der Waals surface area contributed by atoms with Crippen LogP contribution in [-0.4, -0.2) is 18.3 Å². The van der Waals surface area contributed by atoms with Crippen molar-refractivity contribution in [1.29, 1.82) is 0 Å². The smallest absolute Gasteiger partial charge is 0.0515 e. The Morgan fingerprint density at radius 3 is 1.28 bits per heavy atom. The minimum absolute atomic E-state index is 0. The number of hydrogen-bond acceptors (Lipinski definition) is 0. The monoisotopic (exact) mass is 885 g/mol. The summed E-state index contributed by atoms with van der Waals surface area (Å²) in [5.41, 5.74) is 11.9. The largest absolute Gasteiger partial charge is 0.351 e. The van der Waals surface area contributed by atoms with Crippen LogP contribution in [0.25, 0.3) is 43.6 Å². The Kier molecular flexibility index (Phi) is 24.2. The number of para-hydroxylation sites is 1. The van der Waals surface area contributed by atoms with Gasteiger partial charge in [0, 0.05) is 74.9 Å². The number of fused-ring (bicyclic) bond motifs is 4. The Hall–Kier alpha value is -4.96. The van der Waals surface area contributed by atoms with Crippen molar-refractivity contribution in [3.63, 3.8) is 0 Å². The molecule has 4 heteroatoms. The second kappa shape index (κ2) is 26.3. The lowest BCUT2D eigenvalue weighted by Gasteiger charge is -2.20. The first kappa shape index (κ1) is 60.0. The van der Waals surface area contributed by atoms with E-state index in [9.17, 15) is 0 Å². The van der Waals surface area contributed by atoms with Crippen LogP contribution in [0.3, 0.4) is 0 Å². The molecule has 0 aliphatic rings. The molecule has 8 aromatic rings. The third kappa shape index (κ3) is 16.2. The molecule has 0 saturated heterocycles. The molecule has 4 aromatic carbocycles. The van der Waals surface area contributed by atoms with Crippen LogP contribution in [0.5, 0.6) is 0 Å². The summed E-state index contributed by atoms with van der Waals surface area (Å²) in [6.07, 6.45) is 8.47. The van der Waals surface area contributed by atoms with Crippen LogP contribution < -0.4 is 0 Å². The minimum atomic E-state index is 0. The van der Waals surface area contributed by atoms with Gasteiger partial charge in [0.1, 0.15) is 0 Å². The van der Waals surface area contributed by atoms with Crippen LogP contribution >= 0.6 is 0 Å². The predicted octanol–water partition coefficient (Wildman–Crippen LogP) is 18.6. The van der Waals surface area contributed by atoms with Crippen molar-refractivity contribution < 1.29 is 0 Å². The van der Waals surface area contributed by atoms with Gasteiger partial charge in [-0.05, 0) is 109 Å². The average Bonchev–Trinajstić information content (AvgIpc) is 4.05. The molecule has 0 saturated carbocycles. The van der Waals surface area contributed by atoms with E-state index in [1.807, 2.05) is 55.4 Å². The first-order chi connectivity index (χ1) is 30.0. The van der Waals surface area contributed by atoms with E-state index in [1.54, 1.807) is 0 Å². The van der Waals surface area contributed by atoms with Crippen molar-refractivity contribution in [2.24, 2.45) is 28.2 Å². The maximum absolute atomic E-state index is 2.29. The van der Waals surface area contributed by atoms with Crippen LogP contribution in [-0.2, 0) is 49.9 Å². The zero-order valence-electron chi connectivity index (χ0n) is 45.3. The van der Waals surface area contributed by atoms with Gasteiger partial charge < -0.3 is 18.3 Å². The fourth-order valence-corrected chi connectivity index (χ4v) is 7.39. The van der Waals surface area contributed by atoms with Gasteiger partial charge in [-0.3, -0.25) is 0 Å². The summed E-state index contributed by atoms with van der Waals surface area (Å²) >= 11 is 0. The van der Waals surface area contributed by atoms with Gasteiger partial charge in [0.15, 0.2) is 0 Å². The molecule has 0 bridgehead atoms. The molecule has 4 nitrogen and oxygen atoms in total. The Balaban J connectivity index is 0.000000794. The molecule has 0 aliphatic heterocycles. The predicted molar refractivity (Wildman–Crippen MR) is 299 cm³/mol. The maximum atomic E-state index is 2.29. The summed E-state index contributed by atoms with van der Waals surface area (Å²) in [5.74, 6) is 0. The van der Waals surface area contributed by atoms with E-state index in [1.165, 1.54) is 65.9 Å². The van der Waals surface area contributed by atoms with Crippen LogP contribution in [0.1, 0.15) is 168 Å². The normalized spacial score (nSPS) is 11.0. The molecular weight excluding hydrogens is 789 g/mol. The molecule has 8 rings (SSSR count). The van der Waals surface area contributed by atoms with Gasteiger partial charge in [-0.25, -0.2) is 0 Å². The number of nitrogens with zero attached hydrogens (tertiary/aromatic N) is 4. The summed E-state index contributed by atoms with van der Waals surface area (Å²) in [6, 6.07) is 35.2. The van der Waals surface area contributed by atoms with Crippen LogP contribution in [0.4, 0.5) is 0 Å². The van der Waals surface area contributed by atoms with Gasteiger partial charge in [0.25, 0.3) is 0 Å². The number of rotatable bonds is 0. The summed E-state index contributed by atoms with van der Waals surface area (Å²) < 4.78 is 8.70. The second-order valence-electron chi connectivity index (χ2n) is 19.7. The van der Waals surface area contributed by atoms with Gasteiger partial charge in [0.05, 0.1) is 5.52 Å². The highest BCUT2D eigenvalue weighted by Crippen LogP contribution is 2.32. The minimum Gasteiger partial charge on any atom is -0.351 e. The zero-order valence-corrected chi connectivity index (χ0v) is 45.3. The third-order valence-corrected chi connectivity index (χ3v) is 10.9. The summed E-state index contributed by atoms with van der Waals surface area (Å²) in [4.78, 5) is 0. The van der Waals surface area contributed by atoms with Crippen molar-refractivity contribution in [2.75, 3.05) is 0 Å². The van der Waals surface area contributed by atoms with Crippen LogP contribution in [0.15, 0.2) is 122 Å². The Labute approximate surface area is 400 Å². The molecule has 0 amide bonds. The quantitative estimate of drug-likeness (QED) is 0.145. The van der Waals surface area contributed by atoms with E-state index in [2.05, 4.69) is 251 Å². The molecule has 0 unspecified atom stereocenters. The van der Waals surface area contributed by atoms with Gasteiger partial charge in [-0.1, -0.05) is 194 Å². The zero-order chi connectivity index (χ0) is 49.4. The second-order valence-corrected chi connectivity index (χ2v) is 19.7.